The van der Waals surface area contributed by atoms with E-state index < -0.39 is 6.04 Å². The minimum absolute atomic E-state index is 0.0638. The number of hydrogen-bond acceptors (Lipinski definition) is 3. The van der Waals surface area contributed by atoms with Crippen LogP contribution in [-0.4, -0.2) is 34.9 Å². The lowest BCUT2D eigenvalue weighted by atomic mass is 10.1. The molecule has 0 radical (unpaired) electrons. The van der Waals surface area contributed by atoms with E-state index in [1.165, 1.54) is 0 Å². The number of benzene rings is 2. The number of hydrogen-bond donors (Lipinski definition) is 1. The Morgan fingerprint density at radius 2 is 1.70 bits per heavy atom. The number of ether oxygens (including phenoxy) is 1. The fraction of sp³-hybridized carbons (Fsp3) is 0.417. The number of amides is 2. The molecule has 162 valence electrons. The normalized spacial score (nSPS) is 12.2. The molecule has 1 N–H and O–H groups in total. The number of nitrogens with zero attached hydrogens (tertiary/aromatic N) is 1. The summed E-state index contributed by atoms with van der Waals surface area (Å²) in [6, 6.07) is 16.7. The van der Waals surface area contributed by atoms with E-state index in [2.05, 4.69) is 21.2 Å². The lowest BCUT2D eigenvalue weighted by molar-refractivity contribution is -0.141. The molecule has 0 aromatic heterocycles. The highest BCUT2D eigenvalue weighted by Crippen LogP contribution is 2.16. The highest BCUT2D eigenvalue weighted by molar-refractivity contribution is 9.10. The Balaban J connectivity index is 2.02. The molecular formula is C24H31BrN2O3. The van der Waals surface area contributed by atoms with Crippen LogP contribution in [0.5, 0.6) is 5.75 Å². The zero-order chi connectivity index (χ0) is 22.1. The second-order valence-electron chi connectivity index (χ2n) is 8.33. The minimum atomic E-state index is -0.574. The van der Waals surface area contributed by atoms with E-state index in [1.807, 2.05) is 75.4 Å². The summed E-state index contributed by atoms with van der Waals surface area (Å²) in [5, 5.41) is 2.97. The van der Waals surface area contributed by atoms with Gasteiger partial charge in [-0.2, -0.15) is 0 Å². The Kier molecular flexibility index (Phi) is 8.90. The summed E-state index contributed by atoms with van der Waals surface area (Å²) in [6.07, 6.45) is 0.897. The van der Waals surface area contributed by atoms with Crippen LogP contribution in [0.4, 0.5) is 0 Å². The van der Waals surface area contributed by atoms with Crippen molar-refractivity contribution in [3.8, 4) is 5.75 Å². The predicted molar refractivity (Wildman–Crippen MR) is 123 cm³/mol. The van der Waals surface area contributed by atoms with Crippen molar-refractivity contribution in [3.05, 3.63) is 64.6 Å². The Hall–Kier alpha value is -2.34. The van der Waals surface area contributed by atoms with Crippen molar-refractivity contribution in [1.82, 2.24) is 10.2 Å². The summed E-state index contributed by atoms with van der Waals surface area (Å²) in [5.41, 5.74) is 0.615. The number of para-hydroxylation sites is 1. The van der Waals surface area contributed by atoms with Gasteiger partial charge >= 0.3 is 0 Å². The third-order valence-corrected chi connectivity index (χ3v) is 5.01. The van der Waals surface area contributed by atoms with Gasteiger partial charge in [0.1, 0.15) is 11.8 Å². The van der Waals surface area contributed by atoms with Crippen LogP contribution >= 0.6 is 15.9 Å². The molecule has 2 aromatic carbocycles. The van der Waals surface area contributed by atoms with E-state index in [1.54, 1.807) is 11.8 Å². The van der Waals surface area contributed by atoms with Crippen molar-refractivity contribution in [2.75, 3.05) is 6.61 Å². The van der Waals surface area contributed by atoms with Crippen LogP contribution in [0.25, 0.3) is 0 Å². The molecule has 0 aliphatic heterocycles. The number of nitrogens with one attached hydrogen (secondary N) is 1. The molecule has 0 saturated carbocycles. The molecular weight excluding hydrogens is 444 g/mol. The summed E-state index contributed by atoms with van der Waals surface area (Å²) in [6.45, 7) is 8.39. The quantitative estimate of drug-likeness (QED) is 0.523. The summed E-state index contributed by atoms with van der Waals surface area (Å²) in [4.78, 5) is 27.4. The molecule has 0 aliphatic carbocycles. The van der Waals surface area contributed by atoms with Crippen LogP contribution < -0.4 is 10.1 Å². The average Bonchev–Trinajstić information content (AvgIpc) is 2.69. The van der Waals surface area contributed by atoms with Crippen molar-refractivity contribution < 1.29 is 14.3 Å². The van der Waals surface area contributed by atoms with E-state index in [0.29, 0.717) is 26.0 Å². The van der Waals surface area contributed by atoms with Gasteiger partial charge < -0.3 is 15.0 Å². The number of carbonyl (C=O) groups excluding carboxylic acids is 2. The van der Waals surface area contributed by atoms with Crippen LogP contribution in [0, 0.1) is 0 Å². The fourth-order valence-corrected chi connectivity index (χ4v) is 3.18. The zero-order valence-electron chi connectivity index (χ0n) is 18.2. The van der Waals surface area contributed by atoms with E-state index in [9.17, 15) is 9.59 Å². The lowest BCUT2D eigenvalue weighted by Gasteiger charge is -2.31. The maximum absolute atomic E-state index is 13.0. The van der Waals surface area contributed by atoms with E-state index in [0.717, 1.165) is 15.8 Å². The van der Waals surface area contributed by atoms with Gasteiger partial charge in [0.2, 0.25) is 11.8 Å². The maximum atomic E-state index is 13.0. The molecule has 2 amide bonds. The summed E-state index contributed by atoms with van der Waals surface area (Å²) < 4.78 is 6.66. The topological polar surface area (TPSA) is 58.6 Å². The largest absolute Gasteiger partial charge is 0.494 e. The van der Waals surface area contributed by atoms with Crippen molar-refractivity contribution in [2.45, 2.75) is 58.7 Å². The molecule has 0 aliphatic rings. The SMILES string of the molecule is C[C@H](C(=O)NC(C)(C)C)N(Cc1ccc(Br)cc1)C(=O)CCCOc1ccccc1. The Morgan fingerprint density at radius 3 is 2.30 bits per heavy atom. The number of halogens is 1. The minimum Gasteiger partial charge on any atom is -0.494 e. The molecule has 0 spiro atoms. The summed E-state index contributed by atoms with van der Waals surface area (Å²) in [7, 11) is 0. The predicted octanol–water partition coefficient (Wildman–Crippen LogP) is 4.94. The molecule has 0 unspecified atom stereocenters. The van der Waals surface area contributed by atoms with E-state index >= 15 is 0 Å². The first-order chi connectivity index (χ1) is 14.2. The zero-order valence-corrected chi connectivity index (χ0v) is 19.7. The first-order valence-electron chi connectivity index (χ1n) is 10.2. The second kappa shape index (κ2) is 11.2. The van der Waals surface area contributed by atoms with Crippen LogP contribution in [0.2, 0.25) is 0 Å². The van der Waals surface area contributed by atoms with E-state index in [-0.39, 0.29) is 17.4 Å². The molecule has 6 heteroatoms. The van der Waals surface area contributed by atoms with Gasteiger partial charge in [-0.05, 0) is 63.9 Å². The van der Waals surface area contributed by atoms with Gasteiger partial charge in [-0.15, -0.1) is 0 Å². The molecule has 2 aromatic rings. The standard InChI is InChI=1S/C24H31BrN2O3/c1-18(23(29)26-24(2,3)4)27(17-19-12-14-20(25)15-13-19)22(28)11-8-16-30-21-9-6-5-7-10-21/h5-7,9-10,12-15,18H,8,11,16-17H2,1-4H3,(H,26,29)/t18-/m1/s1. The molecule has 1 atom stereocenters. The Labute approximate surface area is 187 Å². The van der Waals surface area contributed by atoms with Gasteiger partial charge in [0.25, 0.3) is 0 Å². The van der Waals surface area contributed by atoms with Gasteiger partial charge in [-0.3, -0.25) is 9.59 Å². The third-order valence-electron chi connectivity index (χ3n) is 4.48. The average molecular weight is 475 g/mol. The molecule has 0 saturated heterocycles. The summed E-state index contributed by atoms with van der Waals surface area (Å²) in [5.74, 6) is 0.564. The van der Waals surface area contributed by atoms with Crippen LogP contribution in [0.1, 0.15) is 46.1 Å². The molecule has 0 bridgehead atoms. The Morgan fingerprint density at radius 1 is 1.07 bits per heavy atom. The van der Waals surface area contributed by atoms with Crippen molar-refractivity contribution in [1.29, 1.82) is 0 Å². The molecule has 0 heterocycles. The molecule has 5 nitrogen and oxygen atoms in total. The Bertz CT molecular complexity index is 817. The third kappa shape index (κ3) is 8.19. The number of carbonyl (C=O) groups is 2. The van der Waals surface area contributed by atoms with Gasteiger partial charge in [-0.1, -0.05) is 46.3 Å². The van der Waals surface area contributed by atoms with Crippen molar-refractivity contribution in [3.63, 3.8) is 0 Å². The van der Waals surface area contributed by atoms with Crippen LogP contribution in [-0.2, 0) is 16.1 Å². The van der Waals surface area contributed by atoms with Gasteiger partial charge in [-0.25, -0.2) is 0 Å². The maximum Gasteiger partial charge on any atom is 0.242 e. The van der Waals surface area contributed by atoms with Crippen LogP contribution in [0.15, 0.2) is 59.1 Å². The van der Waals surface area contributed by atoms with E-state index in [4.69, 9.17) is 4.74 Å². The lowest BCUT2D eigenvalue weighted by Crippen LogP contribution is -2.52. The summed E-state index contributed by atoms with van der Waals surface area (Å²) >= 11 is 3.43. The van der Waals surface area contributed by atoms with Gasteiger partial charge in [0.05, 0.1) is 6.61 Å². The smallest absolute Gasteiger partial charge is 0.242 e. The molecule has 0 fully saturated rings. The van der Waals surface area contributed by atoms with Crippen molar-refractivity contribution >= 4 is 27.7 Å². The van der Waals surface area contributed by atoms with Gasteiger partial charge in [0.15, 0.2) is 0 Å². The van der Waals surface area contributed by atoms with Crippen LogP contribution in [0.3, 0.4) is 0 Å². The number of rotatable bonds is 9. The first-order valence-corrected chi connectivity index (χ1v) is 11.0. The highest BCUT2D eigenvalue weighted by Gasteiger charge is 2.28. The van der Waals surface area contributed by atoms with Gasteiger partial charge in [0, 0.05) is 23.0 Å². The molecule has 30 heavy (non-hydrogen) atoms. The second-order valence-corrected chi connectivity index (χ2v) is 9.24. The molecule has 2 rings (SSSR count). The first kappa shape index (κ1) is 23.9. The van der Waals surface area contributed by atoms with Crippen molar-refractivity contribution in [2.24, 2.45) is 0 Å². The highest BCUT2D eigenvalue weighted by atomic mass is 79.9. The monoisotopic (exact) mass is 474 g/mol. The fourth-order valence-electron chi connectivity index (χ4n) is 2.92.